The van der Waals surface area contributed by atoms with E-state index in [4.69, 9.17) is 0 Å². The first-order chi connectivity index (χ1) is 15.8. The van der Waals surface area contributed by atoms with Crippen LogP contribution in [0.25, 0.3) is 27.7 Å². The van der Waals surface area contributed by atoms with Crippen LogP contribution < -0.4 is 5.43 Å². The quantitative estimate of drug-likeness (QED) is 0.306. The molecule has 32 heavy (non-hydrogen) atoms. The van der Waals surface area contributed by atoms with E-state index in [1.165, 1.54) is 0 Å². The number of hydrogen-bond donors (Lipinski definition) is 1. The molecular formula is C27H20N4O. The van der Waals surface area contributed by atoms with Crippen LogP contribution in [0, 0.1) is 0 Å². The number of nitrogens with zero attached hydrogens (tertiary/aromatic N) is 3. The molecule has 1 heterocycles. The van der Waals surface area contributed by atoms with Gasteiger partial charge >= 0.3 is 0 Å². The fourth-order valence-electron chi connectivity index (χ4n) is 3.58. The maximum atomic E-state index is 13.0. The van der Waals surface area contributed by atoms with Crippen molar-refractivity contribution in [1.29, 1.82) is 0 Å². The molecule has 0 saturated heterocycles. The predicted octanol–water partition coefficient (Wildman–Crippen LogP) is 5.46. The van der Waals surface area contributed by atoms with Gasteiger partial charge in [-0.25, -0.2) is 10.1 Å². The van der Waals surface area contributed by atoms with Crippen molar-refractivity contribution in [1.82, 2.24) is 15.2 Å². The van der Waals surface area contributed by atoms with Gasteiger partial charge in [0, 0.05) is 11.8 Å². The van der Waals surface area contributed by atoms with Crippen molar-refractivity contribution in [2.45, 2.75) is 0 Å². The Hall–Kier alpha value is -4.51. The van der Waals surface area contributed by atoms with E-state index < -0.39 is 0 Å². The molecule has 0 atom stereocenters. The number of aromatic nitrogens is 2. The molecule has 0 saturated carbocycles. The van der Waals surface area contributed by atoms with Crippen LogP contribution in [0.2, 0.25) is 0 Å². The van der Waals surface area contributed by atoms with Crippen LogP contribution in [0.5, 0.6) is 0 Å². The summed E-state index contributed by atoms with van der Waals surface area (Å²) in [7, 11) is 0. The molecule has 5 rings (SSSR count). The highest BCUT2D eigenvalue weighted by molar-refractivity contribution is 6.00. The molecule has 0 spiro atoms. The summed E-state index contributed by atoms with van der Waals surface area (Å²) in [6.07, 6.45) is 3.38. The lowest BCUT2D eigenvalue weighted by molar-refractivity contribution is 0.0955. The Kier molecular flexibility index (Phi) is 5.29. The highest BCUT2D eigenvalue weighted by Crippen LogP contribution is 2.23. The number of benzene rings is 4. The molecule has 0 fully saturated rings. The van der Waals surface area contributed by atoms with E-state index in [9.17, 15) is 4.79 Å². The van der Waals surface area contributed by atoms with Gasteiger partial charge in [0.15, 0.2) is 0 Å². The molecule has 0 aliphatic heterocycles. The van der Waals surface area contributed by atoms with Gasteiger partial charge in [0.2, 0.25) is 0 Å². The molecule has 5 heteroatoms. The third-order valence-corrected chi connectivity index (χ3v) is 5.18. The van der Waals surface area contributed by atoms with Gasteiger partial charge in [-0.1, -0.05) is 84.9 Å². The minimum atomic E-state index is -0.317. The molecule has 0 unspecified atom stereocenters. The number of amides is 1. The molecule has 1 amide bonds. The second kappa shape index (κ2) is 8.70. The molecule has 1 aromatic heterocycles. The highest BCUT2D eigenvalue weighted by Gasteiger charge is 2.18. The van der Waals surface area contributed by atoms with Crippen molar-refractivity contribution in [2.75, 3.05) is 0 Å². The van der Waals surface area contributed by atoms with E-state index in [1.807, 2.05) is 91.0 Å². The predicted molar refractivity (Wildman–Crippen MR) is 128 cm³/mol. The first-order valence-corrected chi connectivity index (χ1v) is 10.3. The molecule has 0 radical (unpaired) electrons. The normalized spacial score (nSPS) is 11.1. The van der Waals surface area contributed by atoms with E-state index in [1.54, 1.807) is 17.1 Å². The van der Waals surface area contributed by atoms with Gasteiger partial charge in [0.05, 0.1) is 17.5 Å². The van der Waals surface area contributed by atoms with Gasteiger partial charge < -0.3 is 0 Å². The monoisotopic (exact) mass is 416 g/mol. The lowest BCUT2D eigenvalue weighted by Crippen LogP contribution is -2.17. The maximum absolute atomic E-state index is 13.0. The summed E-state index contributed by atoms with van der Waals surface area (Å²) < 4.78 is 1.71. The summed E-state index contributed by atoms with van der Waals surface area (Å²) in [6, 6.07) is 33.5. The van der Waals surface area contributed by atoms with Crippen molar-refractivity contribution < 1.29 is 4.79 Å². The topological polar surface area (TPSA) is 59.3 Å². The average molecular weight is 416 g/mol. The minimum absolute atomic E-state index is 0.317. The number of carbonyl (C=O) groups is 1. The van der Waals surface area contributed by atoms with Gasteiger partial charge in [-0.05, 0) is 34.5 Å². The summed E-state index contributed by atoms with van der Waals surface area (Å²) in [5, 5.41) is 11.1. The zero-order valence-corrected chi connectivity index (χ0v) is 17.2. The van der Waals surface area contributed by atoms with Crippen LogP contribution >= 0.6 is 0 Å². The molecule has 0 aliphatic carbocycles. The van der Waals surface area contributed by atoms with Gasteiger partial charge in [-0.3, -0.25) is 4.79 Å². The first-order valence-electron chi connectivity index (χ1n) is 10.3. The number of nitrogens with one attached hydrogen (secondary N) is 1. The molecular weight excluding hydrogens is 396 g/mol. The molecule has 1 N–H and O–H groups in total. The lowest BCUT2D eigenvalue weighted by Gasteiger charge is -2.02. The first kappa shape index (κ1) is 19.5. The third kappa shape index (κ3) is 4.04. The summed E-state index contributed by atoms with van der Waals surface area (Å²) in [6.45, 7) is 0. The van der Waals surface area contributed by atoms with Crippen LogP contribution in [-0.2, 0) is 0 Å². The zero-order chi connectivity index (χ0) is 21.8. The maximum Gasteiger partial charge on any atom is 0.275 e. The van der Waals surface area contributed by atoms with Gasteiger partial charge in [-0.2, -0.15) is 10.2 Å². The summed E-state index contributed by atoms with van der Waals surface area (Å²) in [5.41, 5.74) is 6.36. The van der Waals surface area contributed by atoms with E-state index in [0.717, 1.165) is 27.6 Å². The largest absolute Gasteiger partial charge is 0.275 e. The fraction of sp³-hybridized carbons (Fsp3) is 0. The van der Waals surface area contributed by atoms with Crippen molar-refractivity contribution in [3.8, 4) is 16.9 Å². The van der Waals surface area contributed by atoms with Gasteiger partial charge in [0.25, 0.3) is 5.91 Å². The molecule has 154 valence electrons. The van der Waals surface area contributed by atoms with Crippen LogP contribution in [0.15, 0.2) is 114 Å². The zero-order valence-electron chi connectivity index (χ0n) is 17.2. The van der Waals surface area contributed by atoms with Crippen molar-refractivity contribution >= 4 is 22.9 Å². The Balaban J connectivity index is 1.43. The number of hydrazone groups is 1. The van der Waals surface area contributed by atoms with Crippen LogP contribution in [0.4, 0.5) is 0 Å². The molecule has 4 aromatic carbocycles. The number of rotatable bonds is 5. The fourth-order valence-corrected chi connectivity index (χ4v) is 3.58. The van der Waals surface area contributed by atoms with Crippen molar-refractivity contribution in [3.05, 3.63) is 120 Å². The molecule has 5 nitrogen and oxygen atoms in total. The van der Waals surface area contributed by atoms with Crippen LogP contribution in [0.3, 0.4) is 0 Å². The second-order valence-electron chi connectivity index (χ2n) is 7.34. The Labute approximate surface area is 185 Å². The molecule has 5 aromatic rings. The van der Waals surface area contributed by atoms with Gasteiger partial charge in [0.1, 0.15) is 5.69 Å². The van der Waals surface area contributed by atoms with E-state index in [-0.39, 0.29) is 5.91 Å². The van der Waals surface area contributed by atoms with Crippen LogP contribution in [-0.4, -0.2) is 21.9 Å². The second-order valence-corrected chi connectivity index (χ2v) is 7.34. The average Bonchev–Trinajstić information content (AvgIpc) is 3.31. The number of hydrogen-bond acceptors (Lipinski definition) is 3. The van der Waals surface area contributed by atoms with E-state index in [2.05, 4.69) is 27.8 Å². The Bertz CT molecular complexity index is 1410. The van der Waals surface area contributed by atoms with E-state index in [0.29, 0.717) is 11.3 Å². The SMILES string of the molecule is O=C(N/N=C\c1ccc2ccccc2c1)c1cn(-c2ccccc2)nc1-c1ccccc1. The van der Waals surface area contributed by atoms with E-state index >= 15 is 0 Å². The smallest absolute Gasteiger partial charge is 0.267 e. The summed E-state index contributed by atoms with van der Waals surface area (Å²) in [4.78, 5) is 13.0. The number of fused-ring (bicyclic) bond motifs is 1. The Morgan fingerprint density at radius 2 is 1.50 bits per heavy atom. The van der Waals surface area contributed by atoms with Crippen molar-refractivity contribution in [2.24, 2.45) is 5.10 Å². The molecule has 0 bridgehead atoms. The number of carbonyl (C=O) groups excluding carboxylic acids is 1. The Morgan fingerprint density at radius 1 is 0.812 bits per heavy atom. The summed E-state index contributed by atoms with van der Waals surface area (Å²) in [5.74, 6) is -0.317. The molecule has 0 aliphatic rings. The minimum Gasteiger partial charge on any atom is -0.267 e. The third-order valence-electron chi connectivity index (χ3n) is 5.18. The number of para-hydroxylation sites is 1. The summed E-state index contributed by atoms with van der Waals surface area (Å²) >= 11 is 0. The standard InChI is InChI=1S/C27H20N4O/c32-27(29-28-18-20-15-16-21-9-7-8-12-23(21)17-20)25-19-31(24-13-5-2-6-14-24)30-26(25)22-10-3-1-4-11-22/h1-19H,(H,29,32)/b28-18-. The lowest BCUT2D eigenvalue weighted by atomic mass is 10.1. The van der Waals surface area contributed by atoms with Gasteiger partial charge in [-0.15, -0.1) is 0 Å². The van der Waals surface area contributed by atoms with Crippen LogP contribution in [0.1, 0.15) is 15.9 Å². The van der Waals surface area contributed by atoms with Crippen molar-refractivity contribution in [3.63, 3.8) is 0 Å². The Morgan fingerprint density at radius 3 is 2.28 bits per heavy atom. The highest BCUT2D eigenvalue weighted by atomic mass is 16.2.